The molecule has 7 heteroatoms. The average Bonchev–Trinajstić information content (AvgIpc) is 3.19. The monoisotopic (exact) mass is 365 g/mol. The lowest BCUT2D eigenvalue weighted by molar-refractivity contribution is 0.0940. The van der Waals surface area contributed by atoms with E-state index in [9.17, 15) is 4.79 Å². The molecule has 1 amide bonds. The summed E-state index contributed by atoms with van der Waals surface area (Å²) in [6, 6.07) is 5.63. The molecule has 4 rings (SSSR count). The topological polar surface area (TPSA) is 72.2 Å². The van der Waals surface area contributed by atoms with Crippen LogP contribution in [0.3, 0.4) is 0 Å². The molecular formula is C19H19N5OS. The van der Waals surface area contributed by atoms with Crippen LogP contribution in [0.2, 0.25) is 0 Å². The van der Waals surface area contributed by atoms with Crippen molar-refractivity contribution in [1.29, 1.82) is 0 Å². The number of hydrogen-bond acceptors (Lipinski definition) is 5. The summed E-state index contributed by atoms with van der Waals surface area (Å²) in [6.45, 7) is 7.94. The van der Waals surface area contributed by atoms with E-state index in [2.05, 4.69) is 27.3 Å². The van der Waals surface area contributed by atoms with Gasteiger partial charge in [0, 0.05) is 11.1 Å². The number of aromatic nitrogens is 4. The van der Waals surface area contributed by atoms with Crippen molar-refractivity contribution in [3.05, 3.63) is 58.0 Å². The van der Waals surface area contributed by atoms with Gasteiger partial charge in [0.1, 0.15) is 5.51 Å². The number of aryl methyl sites for hydroxylation is 3. The standard InChI is InChI=1S/C19H19N5OS/c1-10-5-6-14-15(7-11(2)21-17(14)12(10)3)18(25)22-13(4)16-8-24-19(23-16)26-9-20-24/h5-9,13H,1-4H3,(H,22,25). The lowest BCUT2D eigenvalue weighted by Crippen LogP contribution is -2.27. The quantitative estimate of drug-likeness (QED) is 0.600. The molecular weight excluding hydrogens is 346 g/mol. The van der Waals surface area contributed by atoms with Crippen LogP contribution in [0.4, 0.5) is 0 Å². The molecule has 0 aliphatic heterocycles. The predicted octanol–water partition coefficient (Wildman–Crippen LogP) is 3.76. The molecule has 6 nitrogen and oxygen atoms in total. The van der Waals surface area contributed by atoms with Crippen molar-refractivity contribution in [2.75, 3.05) is 0 Å². The molecule has 4 aromatic rings. The molecule has 0 aliphatic carbocycles. The Morgan fingerprint density at radius 1 is 1.23 bits per heavy atom. The summed E-state index contributed by atoms with van der Waals surface area (Å²) < 4.78 is 1.72. The first-order valence-corrected chi connectivity index (χ1v) is 9.29. The number of carbonyl (C=O) groups excluding carboxylic acids is 1. The Balaban J connectivity index is 1.69. The summed E-state index contributed by atoms with van der Waals surface area (Å²) in [5, 5.41) is 8.10. The Morgan fingerprint density at radius 3 is 2.81 bits per heavy atom. The number of hydrogen-bond donors (Lipinski definition) is 1. The number of imidazole rings is 1. The van der Waals surface area contributed by atoms with Crippen LogP contribution in [0.1, 0.15) is 45.8 Å². The van der Waals surface area contributed by atoms with Crippen LogP contribution in [-0.4, -0.2) is 25.5 Å². The number of carbonyl (C=O) groups is 1. The summed E-state index contributed by atoms with van der Waals surface area (Å²) in [4.78, 5) is 22.9. The van der Waals surface area contributed by atoms with E-state index in [4.69, 9.17) is 0 Å². The summed E-state index contributed by atoms with van der Waals surface area (Å²) in [5.74, 6) is -0.124. The van der Waals surface area contributed by atoms with Crippen molar-refractivity contribution in [2.24, 2.45) is 0 Å². The molecule has 1 atom stereocenters. The number of rotatable bonds is 3. The minimum atomic E-state index is -0.216. The Kier molecular flexibility index (Phi) is 3.96. The van der Waals surface area contributed by atoms with Crippen molar-refractivity contribution in [1.82, 2.24) is 24.9 Å². The molecule has 3 heterocycles. The van der Waals surface area contributed by atoms with Crippen LogP contribution in [0.5, 0.6) is 0 Å². The Morgan fingerprint density at radius 2 is 2.04 bits per heavy atom. The zero-order valence-electron chi connectivity index (χ0n) is 15.1. The Bertz CT molecular complexity index is 1120. The third-order valence-electron chi connectivity index (χ3n) is 4.67. The fourth-order valence-electron chi connectivity index (χ4n) is 3.06. The first-order chi connectivity index (χ1) is 12.4. The molecule has 0 saturated carbocycles. The summed E-state index contributed by atoms with van der Waals surface area (Å²) >= 11 is 1.47. The fraction of sp³-hybridized carbons (Fsp3) is 0.263. The smallest absolute Gasteiger partial charge is 0.252 e. The largest absolute Gasteiger partial charge is 0.344 e. The molecule has 0 fully saturated rings. The number of amides is 1. The van der Waals surface area contributed by atoms with Gasteiger partial charge in [-0.3, -0.25) is 9.78 Å². The van der Waals surface area contributed by atoms with Crippen molar-refractivity contribution < 1.29 is 4.79 Å². The second-order valence-electron chi connectivity index (χ2n) is 6.54. The SMILES string of the molecule is Cc1cc(C(=O)NC(C)c2cn3ncsc3n2)c2ccc(C)c(C)c2n1. The predicted molar refractivity (Wildman–Crippen MR) is 103 cm³/mol. The zero-order valence-corrected chi connectivity index (χ0v) is 15.9. The van der Waals surface area contributed by atoms with Gasteiger partial charge < -0.3 is 5.32 Å². The molecule has 0 spiro atoms. The molecule has 3 aromatic heterocycles. The van der Waals surface area contributed by atoms with E-state index in [-0.39, 0.29) is 11.9 Å². The first kappa shape index (κ1) is 16.7. The van der Waals surface area contributed by atoms with Crippen molar-refractivity contribution in [2.45, 2.75) is 33.7 Å². The van der Waals surface area contributed by atoms with Crippen LogP contribution >= 0.6 is 11.3 Å². The molecule has 132 valence electrons. The van der Waals surface area contributed by atoms with E-state index in [0.717, 1.165) is 32.8 Å². The summed E-state index contributed by atoms with van der Waals surface area (Å²) in [6.07, 6.45) is 1.85. The van der Waals surface area contributed by atoms with E-state index in [0.29, 0.717) is 5.56 Å². The van der Waals surface area contributed by atoms with Crippen LogP contribution in [-0.2, 0) is 0 Å². The maximum absolute atomic E-state index is 13.0. The Labute approximate surface area is 154 Å². The van der Waals surface area contributed by atoms with E-state index >= 15 is 0 Å². The molecule has 0 aliphatic rings. The molecule has 0 radical (unpaired) electrons. The number of pyridine rings is 1. The molecule has 1 N–H and O–H groups in total. The van der Waals surface area contributed by atoms with E-state index in [1.807, 2.05) is 45.2 Å². The van der Waals surface area contributed by atoms with Gasteiger partial charge >= 0.3 is 0 Å². The van der Waals surface area contributed by atoms with Crippen molar-refractivity contribution in [3.8, 4) is 0 Å². The molecule has 26 heavy (non-hydrogen) atoms. The van der Waals surface area contributed by atoms with Crippen LogP contribution < -0.4 is 5.32 Å². The average molecular weight is 365 g/mol. The van der Waals surface area contributed by atoms with Crippen LogP contribution in [0.25, 0.3) is 15.9 Å². The third kappa shape index (κ3) is 2.74. The number of nitrogens with one attached hydrogen (secondary N) is 1. The van der Waals surface area contributed by atoms with Crippen molar-refractivity contribution in [3.63, 3.8) is 0 Å². The Hall–Kier alpha value is -2.80. The first-order valence-electron chi connectivity index (χ1n) is 8.41. The van der Waals surface area contributed by atoms with Gasteiger partial charge in [-0.25, -0.2) is 9.50 Å². The van der Waals surface area contributed by atoms with Gasteiger partial charge in [0.15, 0.2) is 0 Å². The highest BCUT2D eigenvalue weighted by Gasteiger charge is 2.18. The molecule has 1 unspecified atom stereocenters. The van der Waals surface area contributed by atoms with Crippen LogP contribution in [0.15, 0.2) is 29.9 Å². The van der Waals surface area contributed by atoms with E-state index in [1.165, 1.54) is 16.9 Å². The second-order valence-corrected chi connectivity index (χ2v) is 7.35. The number of benzene rings is 1. The number of nitrogens with zero attached hydrogens (tertiary/aromatic N) is 4. The van der Waals surface area contributed by atoms with Gasteiger partial charge in [0.2, 0.25) is 4.96 Å². The van der Waals surface area contributed by atoms with Crippen LogP contribution in [0, 0.1) is 20.8 Å². The third-order valence-corrected chi connectivity index (χ3v) is 5.36. The lowest BCUT2D eigenvalue weighted by atomic mass is 10.0. The van der Waals surface area contributed by atoms with Gasteiger partial charge in [-0.1, -0.05) is 23.5 Å². The van der Waals surface area contributed by atoms with Gasteiger partial charge in [-0.15, -0.1) is 0 Å². The van der Waals surface area contributed by atoms with E-state index in [1.54, 1.807) is 10.0 Å². The second kappa shape index (κ2) is 6.17. The molecule has 0 saturated heterocycles. The fourth-order valence-corrected chi connectivity index (χ4v) is 3.67. The highest BCUT2D eigenvalue weighted by Crippen LogP contribution is 2.25. The summed E-state index contributed by atoms with van der Waals surface area (Å²) in [5.41, 5.74) is 7.16. The lowest BCUT2D eigenvalue weighted by Gasteiger charge is -2.14. The maximum atomic E-state index is 13.0. The summed E-state index contributed by atoms with van der Waals surface area (Å²) in [7, 11) is 0. The minimum Gasteiger partial charge on any atom is -0.344 e. The zero-order chi connectivity index (χ0) is 18.4. The van der Waals surface area contributed by atoms with Gasteiger partial charge in [0.25, 0.3) is 5.91 Å². The van der Waals surface area contributed by atoms with Gasteiger partial charge in [-0.2, -0.15) is 5.10 Å². The van der Waals surface area contributed by atoms with Crippen molar-refractivity contribution >= 4 is 33.1 Å². The normalized spacial score (nSPS) is 12.6. The highest BCUT2D eigenvalue weighted by molar-refractivity contribution is 7.14. The molecule has 0 bridgehead atoms. The van der Waals surface area contributed by atoms with Gasteiger partial charge in [-0.05, 0) is 44.9 Å². The molecule has 1 aromatic carbocycles. The minimum absolute atomic E-state index is 0.124. The number of fused-ring (bicyclic) bond motifs is 2. The van der Waals surface area contributed by atoms with E-state index < -0.39 is 0 Å². The van der Waals surface area contributed by atoms with Gasteiger partial charge in [0.05, 0.1) is 29.0 Å². The maximum Gasteiger partial charge on any atom is 0.252 e. The highest BCUT2D eigenvalue weighted by atomic mass is 32.1.